The summed E-state index contributed by atoms with van der Waals surface area (Å²) in [6.07, 6.45) is 6.75. The van der Waals surface area contributed by atoms with Crippen molar-refractivity contribution in [3.63, 3.8) is 0 Å². The number of aromatic nitrogens is 1. The van der Waals surface area contributed by atoms with Gasteiger partial charge in [0.1, 0.15) is 0 Å². The van der Waals surface area contributed by atoms with E-state index in [0.717, 1.165) is 36.9 Å². The van der Waals surface area contributed by atoms with Gasteiger partial charge in [-0.1, -0.05) is 36.4 Å². The number of hydrogen-bond donors (Lipinski definition) is 5. The zero-order valence-corrected chi connectivity index (χ0v) is 18.3. The van der Waals surface area contributed by atoms with Gasteiger partial charge < -0.3 is 15.4 Å². The van der Waals surface area contributed by atoms with Gasteiger partial charge in [0.05, 0.1) is 0 Å². The lowest BCUT2D eigenvalue weighted by Gasteiger charge is -2.29. The second kappa shape index (κ2) is 10.3. The van der Waals surface area contributed by atoms with Crippen LogP contribution in [0.4, 0.5) is 4.79 Å². The van der Waals surface area contributed by atoms with E-state index in [0.29, 0.717) is 13.1 Å². The standard InChI is InChI=1S/C25H28N4O4/c30-24(28-33)10-6-17-5-8-21-18(15-17)7-9-23(21)29(14-12-26-25(31)32)13-11-19-16-27-22-4-2-1-3-20(19)22/h1-6,8,10,15-16,23,26-27,33H,7,9,11-14H2,(H,28,30)(H,31,32)/b10-6+. The summed E-state index contributed by atoms with van der Waals surface area (Å²) in [4.78, 5) is 27.9. The maximum atomic E-state index is 11.3. The molecular weight excluding hydrogens is 420 g/mol. The average Bonchev–Trinajstić information content (AvgIpc) is 3.43. The van der Waals surface area contributed by atoms with E-state index in [1.807, 2.05) is 18.2 Å². The summed E-state index contributed by atoms with van der Waals surface area (Å²) in [7, 11) is 0. The third kappa shape index (κ3) is 5.42. The third-order valence-electron chi connectivity index (χ3n) is 6.21. The predicted octanol–water partition coefficient (Wildman–Crippen LogP) is 3.49. The Morgan fingerprint density at radius 1 is 1.18 bits per heavy atom. The van der Waals surface area contributed by atoms with Crippen LogP contribution in [0.1, 0.15) is 34.7 Å². The molecule has 0 saturated heterocycles. The number of carbonyl (C=O) groups is 2. The molecule has 4 rings (SSSR count). The molecule has 1 heterocycles. The molecule has 1 atom stereocenters. The Labute approximate surface area is 191 Å². The summed E-state index contributed by atoms with van der Waals surface area (Å²) in [5.41, 5.74) is 7.34. The van der Waals surface area contributed by atoms with Gasteiger partial charge in [0.2, 0.25) is 0 Å². The molecule has 8 heteroatoms. The van der Waals surface area contributed by atoms with Crippen molar-refractivity contribution in [1.82, 2.24) is 20.7 Å². The van der Waals surface area contributed by atoms with Crippen molar-refractivity contribution in [2.75, 3.05) is 19.6 Å². The zero-order valence-electron chi connectivity index (χ0n) is 18.3. The van der Waals surface area contributed by atoms with Gasteiger partial charge >= 0.3 is 6.09 Å². The first-order valence-corrected chi connectivity index (χ1v) is 11.1. The lowest BCUT2D eigenvalue weighted by Crippen LogP contribution is -2.37. The topological polar surface area (TPSA) is 118 Å². The van der Waals surface area contributed by atoms with Crippen molar-refractivity contribution in [2.45, 2.75) is 25.3 Å². The van der Waals surface area contributed by atoms with E-state index in [1.165, 1.54) is 28.2 Å². The van der Waals surface area contributed by atoms with E-state index in [1.54, 1.807) is 11.6 Å². The Kier molecular flexibility index (Phi) is 7.07. The normalized spacial score (nSPS) is 15.3. The zero-order chi connectivity index (χ0) is 23.2. The van der Waals surface area contributed by atoms with Gasteiger partial charge in [0.15, 0.2) is 0 Å². The summed E-state index contributed by atoms with van der Waals surface area (Å²) in [6.45, 7) is 1.80. The highest BCUT2D eigenvalue weighted by molar-refractivity contribution is 5.90. The summed E-state index contributed by atoms with van der Waals surface area (Å²) >= 11 is 0. The van der Waals surface area contributed by atoms with E-state index in [4.69, 9.17) is 10.3 Å². The van der Waals surface area contributed by atoms with Gasteiger partial charge in [-0.3, -0.25) is 14.9 Å². The van der Waals surface area contributed by atoms with Crippen LogP contribution in [0.25, 0.3) is 17.0 Å². The van der Waals surface area contributed by atoms with Crippen LogP contribution < -0.4 is 10.8 Å². The highest BCUT2D eigenvalue weighted by atomic mass is 16.5. The fraction of sp³-hybridized carbons (Fsp3) is 0.280. The maximum Gasteiger partial charge on any atom is 0.404 e. The quantitative estimate of drug-likeness (QED) is 0.195. The van der Waals surface area contributed by atoms with Crippen molar-refractivity contribution in [3.05, 3.63) is 77.0 Å². The van der Waals surface area contributed by atoms with Gasteiger partial charge in [-0.2, -0.15) is 0 Å². The number of para-hydroxylation sites is 1. The van der Waals surface area contributed by atoms with Gasteiger partial charge in [-0.15, -0.1) is 0 Å². The Bertz CT molecular complexity index is 1170. The molecule has 33 heavy (non-hydrogen) atoms. The number of fused-ring (bicyclic) bond motifs is 2. The Morgan fingerprint density at radius 2 is 2.03 bits per heavy atom. The van der Waals surface area contributed by atoms with Crippen LogP contribution in [0.15, 0.2) is 54.7 Å². The minimum absolute atomic E-state index is 0.208. The van der Waals surface area contributed by atoms with E-state index in [9.17, 15) is 9.59 Å². The molecule has 1 unspecified atom stereocenters. The van der Waals surface area contributed by atoms with Crippen LogP contribution in [-0.2, 0) is 17.6 Å². The van der Waals surface area contributed by atoms with Crippen LogP contribution in [0, 0.1) is 0 Å². The molecule has 2 aromatic carbocycles. The molecular formula is C25H28N4O4. The first-order chi connectivity index (χ1) is 16.0. The number of carboxylic acid groups (broad SMARTS) is 1. The number of carbonyl (C=O) groups excluding carboxylic acids is 1. The van der Waals surface area contributed by atoms with Crippen LogP contribution in [0.3, 0.4) is 0 Å². The molecule has 3 aromatic rings. The van der Waals surface area contributed by atoms with Crippen molar-refractivity contribution >= 4 is 29.0 Å². The summed E-state index contributed by atoms with van der Waals surface area (Å²) in [6, 6.07) is 14.6. The summed E-state index contributed by atoms with van der Waals surface area (Å²) in [5.74, 6) is -0.567. The highest BCUT2D eigenvalue weighted by Crippen LogP contribution is 2.36. The molecule has 5 N–H and O–H groups in total. The molecule has 1 aliphatic rings. The number of aryl methyl sites for hydroxylation is 1. The van der Waals surface area contributed by atoms with Crippen LogP contribution in [0.5, 0.6) is 0 Å². The molecule has 2 amide bonds. The lowest BCUT2D eigenvalue weighted by atomic mass is 10.0. The summed E-state index contributed by atoms with van der Waals surface area (Å²) in [5, 5.41) is 21.4. The molecule has 0 radical (unpaired) electrons. The maximum absolute atomic E-state index is 11.3. The fourth-order valence-corrected chi connectivity index (χ4v) is 4.64. The van der Waals surface area contributed by atoms with E-state index in [2.05, 4.69) is 45.7 Å². The second-order valence-corrected chi connectivity index (χ2v) is 8.20. The third-order valence-corrected chi connectivity index (χ3v) is 6.21. The number of hydroxylamine groups is 1. The molecule has 172 valence electrons. The number of benzene rings is 2. The number of rotatable bonds is 9. The first kappa shape index (κ1) is 22.6. The predicted molar refractivity (Wildman–Crippen MR) is 126 cm³/mol. The average molecular weight is 449 g/mol. The number of amides is 2. The molecule has 0 fully saturated rings. The fourth-order valence-electron chi connectivity index (χ4n) is 4.64. The SMILES string of the molecule is O=C(O)NCCN(CCc1c[nH]c2ccccc12)C1CCc2cc(/C=C/C(=O)NO)ccc21. The molecule has 1 aliphatic carbocycles. The monoisotopic (exact) mass is 448 g/mol. The van der Waals surface area contributed by atoms with Crippen molar-refractivity contribution in [2.24, 2.45) is 0 Å². The first-order valence-electron chi connectivity index (χ1n) is 11.1. The Morgan fingerprint density at radius 3 is 2.85 bits per heavy atom. The molecule has 0 aliphatic heterocycles. The molecule has 1 aromatic heterocycles. The minimum Gasteiger partial charge on any atom is -0.465 e. The van der Waals surface area contributed by atoms with Crippen molar-refractivity contribution in [1.29, 1.82) is 0 Å². The van der Waals surface area contributed by atoms with Gasteiger partial charge in [-0.05, 0) is 53.7 Å². The van der Waals surface area contributed by atoms with Crippen molar-refractivity contribution in [3.8, 4) is 0 Å². The van der Waals surface area contributed by atoms with E-state index < -0.39 is 12.0 Å². The number of hydrogen-bond acceptors (Lipinski definition) is 4. The van der Waals surface area contributed by atoms with Crippen LogP contribution >= 0.6 is 0 Å². The van der Waals surface area contributed by atoms with E-state index in [-0.39, 0.29) is 6.04 Å². The Balaban J connectivity index is 1.51. The molecule has 0 bridgehead atoms. The molecule has 0 saturated carbocycles. The Hall–Kier alpha value is -3.62. The second-order valence-electron chi connectivity index (χ2n) is 8.20. The number of nitrogens with one attached hydrogen (secondary N) is 3. The van der Waals surface area contributed by atoms with Crippen LogP contribution in [0.2, 0.25) is 0 Å². The largest absolute Gasteiger partial charge is 0.465 e. The molecule has 0 spiro atoms. The number of aromatic amines is 1. The van der Waals surface area contributed by atoms with Gasteiger partial charge in [0.25, 0.3) is 5.91 Å². The highest BCUT2D eigenvalue weighted by Gasteiger charge is 2.28. The molecule has 8 nitrogen and oxygen atoms in total. The van der Waals surface area contributed by atoms with Gasteiger partial charge in [0, 0.05) is 48.9 Å². The minimum atomic E-state index is -1.01. The van der Waals surface area contributed by atoms with Gasteiger partial charge in [-0.25, -0.2) is 10.3 Å². The summed E-state index contributed by atoms with van der Waals surface area (Å²) < 4.78 is 0. The number of H-pyrrole nitrogens is 1. The smallest absolute Gasteiger partial charge is 0.404 e. The lowest BCUT2D eigenvalue weighted by molar-refractivity contribution is -0.124. The van der Waals surface area contributed by atoms with E-state index >= 15 is 0 Å². The van der Waals surface area contributed by atoms with Crippen LogP contribution in [-0.4, -0.2) is 51.8 Å². The van der Waals surface area contributed by atoms with Crippen molar-refractivity contribution < 1.29 is 19.9 Å². The number of nitrogens with zero attached hydrogens (tertiary/aromatic N) is 1.